The molecule has 1 aromatic carbocycles. The lowest BCUT2D eigenvalue weighted by Crippen LogP contribution is -2.46. The average Bonchev–Trinajstić information content (AvgIpc) is 2.66. The molecule has 1 saturated carbocycles. The molecule has 3 nitrogen and oxygen atoms in total. The lowest BCUT2D eigenvalue weighted by Gasteiger charge is -2.39. The standard InChI is InChI=1S/C23H34FNO2/c1-22(2,3)18-9-7-17(8-10-18)21(26)25-16-23(11-13-27-14-12-23)19-5-4-6-20(24)15-19/h4-6,15,17-18H,7-14,16H2,1-3H3,(H,25,26). The Kier molecular flexibility index (Phi) is 6.25. The molecule has 2 aliphatic rings. The van der Waals surface area contributed by atoms with Gasteiger partial charge < -0.3 is 10.1 Å². The lowest BCUT2D eigenvalue weighted by atomic mass is 9.69. The molecule has 0 spiro atoms. The van der Waals surface area contributed by atoms with E-state index in [0.29, 0.717) is 31.1 Å². The second-order valence-corrected chi connectivity index (χ2v) is 9.54. The number of carbonyl (C=O) groups excluding carboxylic acids is 1. The van der Waals surface area contributed by atoms with E-state index in [2.05, 4.69) is 26.1 Å². The monoisotopic (exact) mass is 375 g/mol. The summed E-state index contributed by atoms with van der Waals surface area (Å²) >= 11 is 0. The van der Waals surface area contributed by atoms with Crippen molar-refractivity contribution >= 4 is 5.91 Å². The molecule has 1 saturated heterocycles. The van der Waals surface area contributed by atoms with Gasteiger partial charge in [0, 0.05) is 31.1 Å². The molecular weight excluding hydrogens is 341 g/mol. The summed E-state index contributed by atoms with van der Waals surface area (Å²) < 4.78 is 19.3. The van der Waals surface area contributed by atoms with Crippen LogP contribution in [0.3, 0.4) is 0 Å². The predicted molar refractivity (Wildman–Crippen MR) is 106 cm³/mol. The van der Waals surface area contributed by atoms with E-state index in [1.165, 1.54) is 6.07 Å². The summed E-state index contributed by atoms with van der Waals surface area (Å²) in [6, 6.07) is 6.83. The van der Waals surface area contributed by atoms with Crippen molar-refractivity contribution in [2.75, 3.05) is 19.8 Å². The van der Waals surface area contributed by atoms with Crippen LogP contribution >= 0.6 is 0 Å². The Balaban J connectivity index is 1.62. The fourth-order valence-electron chi connectivity index (χ4n) is 4.77. The number of ether oxygens (including phenoxy) is 1. The molecule has 1 aromatic rings. The van der Waals surface area contributed by atoms with Crippen molar-refractivity contribution < 1.29 is 13.9 Å². The summed E-state index contributed by atoms with van der Waals surface area (Å²) in [6.07, 6.45) is 5.84. The van der Waals surface area contributed by atoms with Crippen molar-refractivity contribution in [2.24, 2.45) is 17.3 Å². The van der Waals surface area contributed by atoms with Crippen LogP contribution in [-0.2, 0) is 14.9 Å². The van der Waals surface area contributed by atoms with Gasteiger partial charge in [-0.05, 0) is 67.6 Å². The van der Waals surface area contributed by atoms with Crippen molar-refractivity contribution in [2.45, 2.75) is 64.7 Å². The highest BCUT2D eigenvalue weighted by atomic mass is 19.1. The third-order valence-corrected chi connectivity index (χ3v) is 6.81. The van der Waals surface area contributed by atoms with Crippen molar-refractivity contribution in [3.05, 3.63) is 35.6 Å². The number of hydrogen-bond acceptors (Lipinski definition) is 2. The van der Waals surface area contributed by atoms with Crippen LogP contribution in [0.4, 0.5) is 4.39 Å². The van der Waals surface area contributed by atoms with Crippen molar-refractivity contribution in [3.63, 3.8) is 0 Å². The van der Waals surface area contributed by atoms with E-state index in [9.17, 15) is 9.18 Å². The molecule has 0 radical (unpaired) electrons. The molecule has 1 heterocycles. The molecule has 0 bridgehead atoms. The molecular formula is C23H34FNO2. The van der Waals surface area contributed by atoms with Crippen LogP contribution < -0.4 is 5.32 Å². The maximum Gasteiger partial charge on any atom is 0.223 e. The Bertz CT molecular complexity index is 638. The Morgan fingerprint density at radius 2 is 1.85 bits per heavy atom. The van der Waals surface area contributed by atoms with Crippen LogP contribution in [0, 0.1) is 23.1 Å². The van der Waals surface area contributed by atoms with E-state index in [1.54, 1.807) is 12.1 Å². The lowest BCUT2D eigenvalue weighted by molar-refractivity contribution is -0.127. The zero-order chi connectivity index (χ0) is 19.5. The molecule has 0 atom stereocenters. The fourth-order valence-corrected chi connectivity index (χ4v) is 4.77. The summed E-state index contributed by atoms with van der Waals surface area (Å²) in [5.41, 5.74) is 1.08. The number of benzene rings is 1. The first-order valence-corrected chi connectivity index (χ1v) is 10.4. The molecule has 3 rings (SSSR count). The minimum Gasteiger partial charge on any atom is -0.381 e. The Labute approximate surface area is 163 Å². The number of amides is 1. The van der Waals surface area contributed by atoms with Crippen LogP contribution in [0.15, 0.2) is 24.3 Å². The SMILES string of the molecule is CC(C)(C)C1CCC(C(=O)NCC2(c3cccc(F)c3)CCOCC2)CC1. The van der Waals surface area contributed by atoms with Gasteiger partial charge in [-0.1, -0.05) is 32.9 Å². The largest absolute Gasteiger partial charge is 0.381 e. The molecule has 4 heteroatoms. The van der Waals surface area contributed by atoms with Crippen LogP contribution in [0.5, 0.6) is 0 Å². The zero-order valence-electron chi connectivity index (χ0n) is 17.0. The number of carbonyl (C=O) groups is 1. The Morgan fingerprint density at radius 1 is 1.19 bits per heavy atom. The molecule has 1 N–H and O–H groups in total. The van der Waals surface area contributed by atoms with E-state index in [0.717, 1.165) is 44.1 Å². The van der Waals surface area contributed by atoms with Gasteiger partial charge in [0.05, 0.1) is 0 Å². The van der Waals surface area contributed by atoms with Gasteiger partial charge >= 0.3 is 0 Å². The third-order valence-electron chi connectivity index (χ3n) is 6.81. The first-order chi connectivity index (χ1) is 12.8. The highest BCUT2D eigenvalue weighted by Crippen LogP contribution is 2.40. The third kappa shape index (κ3) is 4.90. The van der Waals surface area contributed by atoms with Crippen LogP contribution in [-0.4, -0.2) is 25.7 Å². The van der Waals surface area contributed by atoms with Crippen LogP contribution in [0.25, 0.3) is 0 Å². The molecule has 0 unspecified atom stereocenters. The van der Waals surface area contributed by atoms with Gasteiger partial charge in [0.15, 0.2) is 0 Å². The molecule has 0 aromatic heterocycles. The van der Waals surface area contributed by atoms with Crippen molar-refractivity contribution in [1.82, 2.24) is 5.32 Å². The summed E-state index contributed by atoms with van der Waals surface area (Å²) in [4.78, 5) is 12.8. The highest BCUT2D eigenvalue weighted by molar-refractivity contribution is 5.78. The molecule has 1 aliphatic heterocycles. The molecule has 150 valence electrons. The smallest absolute Gasteiger partial charge is 0.223 e. The highest BCUT2D eigenvalue weighted by Gasteiger charge is 2.37. The minimum atomic E-state index is -0.224. The molecule has 1 amide bonds. The van der Waals surface area contributed by atoms with Gasteiger partial charge in [-0.25, -0.2) is 4.39 Å². The summed E-state index contributed by atoms with van der Waals surface area (Å²) in [5.74, 6) is 0.776. The summed E-state index contributed by atoms with van der Waals surface area (Å²) in [6.45, 7) is 8.77. The van der Waals surface area contributed by atoms with Crippen molar-refractivity contribution in [1.29, 1.82) is 0 Å². The van der Waals surface area contributed by atoms with Gasteiger partial charge in [0.25, 0.3) is 0 Å². The second-order valence-electron chi connectivity index (χ2n) is 9.54. The predicted octanol–water partition coefficient (Wildman–Crippen LogP) is 4.84. The second kappa shape index (κ2) is 8.30. The maximum atomic E-state index is 13.8. The Hall–Kier alpha value is -1.42. The fraction of sp³-hybridized carbons (Fsp3) is 0.696. The first-order valence-electron chi connectivity index (χ1n) is 10.4. The van der Waals surface area contributed by atoms with Gasteiger partial charge in [-0.3, -0.25) is 4.79 Å². The Morgan fingerprint density at radius 3 is 2.44 bits per heavy atom. The quantitative estimate of drug-likeness (QED) is 0.817. The van der Waals surface area contributed by atoms with E-state index in [4.69, 9.17) is 4.74 Å². The molecule has 27 heavy (non-hydrogen) atoms. The number of nitrogens with one attached hydrogen (secondary N) is 1. The van der Waals surface area contributed by atoms with Crippen LogP contribution in [0.1, 0.15) is 64.9 Å². The zero-order valence-corrected chi connectivity index (χ0v) is 17.0. The molecule has 2 fully saturated rings. The van der Waals surface area contributed by atoms with Gasteiger partial charge in [0.1, 0.15) is 5.82 Å². The van der Waals surface area contributed by atoms with Crippen LogP contribution in [0.2, 0.25) is 0 Å². The number of halogens is 1. The first kappa shape index (κ1) is 20.3. The van der Waals surface area contributed by atoms with E-state index in [1.807, 2.05) is 6.07 Å². The summed E-state index contributed by atoms with van der Waals surface area (Å²) in [5, 5.41) is 3.22. The van der Waals surface area contributed by atoms with Gasteiger partial charge in [-0.2, -0.15) is 0 Å². The van der Waals surface area contributed by atoms with E-state index in [-0.39, 0.29) is 23.1 Å². The topological polar surface area (TPSA) is 38.3 Å². The average molecular weight is 376 g/mol. The van der Waals surface area contributed by atoms with E-state index < -0.39 is 0 Å². The summed E-state index contributed by atoms with van der Waals surface area (Å²) in [7, 11) is 0. The van der Waals surface area contributed by atoms with Gasteiger partial charge in [-0.15, -0.1) is 0 Å². The number of hydrogen-bond donors (Lipinski definition) is 1. The van der Waals surface area contributed by atoms with E-state index >= 15 is 0 Å². The minimum absolute atomic E-state index is 0.119. The maximum absolute atomic E-state index is 13.8. The number of rotatable bonds is 4. The van der Waals surface area contributed by atoms with Gasteiger partial charge in [0.2, 0.25) is 5.91 Å². The normalized spacial score (nSPS) is 25.8. The van der Waals surface area contributed by atoms with Crippen molar-refractivity contribution in [3.8, 4) is 0 Å². The molecule has 1 aliphatic carbocycles.